The fourth-order valence-electron chi connectivity index (χ4n) is 1.56. The van der Waals surface area contributed by atoms with E-state index in [9.17, 15) is 9.59 Å². The molecule has 0 aromatic rings. The maximum Gasteiger partial charge on any atom is 0.325 e. The molecular weight excluding hydrogens is 184 g/mol. The first-order valence-corrected chi connectivity index (χ1v) is 4.42. The second-order valence-corrected chi connectivity index (χ2v) is 3.49. The highest BCUT2D eigenvalue weighted by atomic mass is 16.4. The second kappa shape index (κ2) is 3.79. The van der Waals surface area contributed by atoms with E-state index in [2.05, 4.69) is 17.2 Å². The first-order valence-electron chi connectivity index (χ1n) is 4.42. The van der Waals surface area contributed by atoms with Crippen molar-refractivity contribution >= 4 is 11.9 Å². The van der Waals surface area contributed by atoms with Crippen molar-refractivity contribution in [3.63, 3.8) is 0 Å². The maximum absolute atomic E-state index is 11.0. The lowest BCUT2D eigenvalue weighted by atomic mass is 9.94. The van der Waals surface area contributed by atoms with Crippen LogP contribution in [0.15, 0.2) is 12.7 Å². The third-order valence-electron chi connectivity index (χ3n) is 2.57. The lowest BCUT2D eigenvalue weighted by Crippen LogP contribution is -2.57. The Bertz CT molecular complexity index is 277. The smallest absolute Gasteiger partial charge is 0.325 e. The van der Waals surface area contributed by atoms with Crippen molar-refractivity contribution < 1.29 is 14.7 Å². The van der Waals surface area contributed by atoms with Crippen LogP contribution in [0.5, 0.6) is 0 Å². The van der Waals surface area contributed by atoms with E-state index in [0.717, 1.165) is 6.08 Å². The summed E-state index contributed by atoms with van der Waals surface area (Å²) in [6.07, 6.45) is 1.75. The highest BCUT2D eigenvalue weighted by Gasteiger charge is 2.45. The van der Waals surface area contributed by atoms with Crippen LogP contribution in [0.4, 0.5) is 0 Å². The van der Waals surface area contributed by atoms with Crippen LogP contribution in [-0.4, -0.2) is 35.1 Å². The number of hydrogen-bond acceptors (Lipinski definition) is 3. The van der Waals surface area contributed by atoms with Crippen LogP contribution >= 0.6 is 0 Å². The summed E-state index contributed by atoms with van der Waals surface area (Å²) in [7, 11) is 0. The number of aliphatic carboxylic acids is 1. The molecular formula is C9H14N2O3. The van der Waals surface area contributed by atoms with Gasteiger partial charge in [-0.15, -0.1) is 0 Å². The summed E-state index contributed by atoms with van der Waals surface area (Å²) in [6, 6.07) is -0.384. The summed E-state index contributed by atoms with van der Waals surface area (Å²) in [5.41, 5.74) is -1.07. The number of hydrogen-bond donors (Lipinski definition) is 3. The molecule has 1 aliphatic rings. The van der Waals surface area contributed by atoms with Gasteiger partial charge in [0, 0.05) is 0 Å². The van der Waals surface area contributed by atoms with Crippen LogP contribution in [0.25, 0.3) is 0 Å². The molecule has 5 heteroatoms. The highest BCUT2D eigenvalue weighted by Crippen LogP contribution is 2.19. The fourth-order valence-corrected chi connectivity index (χ4v) is 1.56. The number of carboxylic acid groups (broad SMARTS) is 1. The molecule has 0 spiro atoms. The molecule has 1 unspecified atom stereocenters. The molecule has 1 amide bonds. The second-order valence-electron chi connectivity index (χ2n) is 3.49. The standard InChI is InChI=1S/C9H14N2O3/c1-3-7(12)11-6-4-5-10-9(6,2)8(13)14/h3,6,10H,1,4-5H2,2H3,(H,11,12)(H,13,14)/t6?,9-/m0/s1. The summed E-state index contributed by atoms with van der Waals surface area (Å²) in [4.78, 5) is 22.0. The Morgan fingerprint density at radius 3 is 2.86 bits per heavy atom. The van der Waals surface area contributed by atoms with Gasteiger partial charge in [-0.1, -0.05) is 6.58 Å². The largest absolute Gasteiger partial charge is 0.480 e. The first kappa shape index (κ1) is 10.7. The van der Waals surface area contributed by atoms with Gasteiger partial charge < -0.3 is 15.7 Å². The zero-order chi connectivity index (χ0) is 10.8. The molecule has 0 saturated carbocycles. The van der Waals surface area contributed by atoms with Gasteiger partial charge in [-0.2, -0.15) is 0 Å². The van der Waals surface area contributed by atoms with E-state index < -0.39 is 11.5 Å². The number of carbonyl (C=O) groups is 2. The molecule has 1 saturated heterocycles. The van der Waals surface area contributed by atoms with Crippen molar-refractivity contribution in [3.8, 4) is 0 Å². The summed E-state index contributed by atoms with van der Waals surface area (Å²) in [6.45, 7) is 5.47. The van der Waals surface area contributed by atoms with Gasteiger partial charge in [0.15, 0.2) is 0 Å². The van der Waals surface area contributed by atoms with E-state index in [4.69, 9.17) is 5.11 Å². The van der Waals surface area contributed by atoms with Crippen molar-refractivity contribution in [2.45, 2.75) is 24.9 Å². The molecule has 1 heterocycles. The number of amides is 1. The zero-order valence-electron chi connectivity index (χ0n) is 8.04. The van der Waals surface area contributed by atoms with Crippen LogP contribution in [-0.2, 0) is 9.59 Å². The van der Waals surface area contributed by atoms with Gasteiger partial charge in [-0.3, -0.25) is 9.59 Å². The number of rotatable bonds is 3. The monoisotopic (exact) mass is 198 g/mol. The van der Waals surface area contributed by atoms with Crippen LogP contribution in [0, 0.1) is 0 Å². The fraction of sp³-hybridized carbons (Fsp3) is 0.556. The highest BCUT2D eigenvalue weighted by molar-refractivity contribution is 5.88. The summed E-state index contributed by atoms with van der Waals surface area (Å²) < 4.78 is 0. The summed E-state index contributed by atoms with van der Waals surface area (Å²) in [5, 5.41) is 14.5. The third-order valence-corrected chi connectivity index (χ3v) is 2.57. The van der Waals surface area contributed by atoms with Gasteiger partial charge in [-0.05, 0) is 26.0 Å². The van der Waals surface area contributed by atoms with Gasteiger partial charge in [0.2, 0.25) is 5.91 Å². The van der Waals surface area contributed by atoms with Crippen molar-refractivity contribution in [1.29, 1.82) is 0 Å². The van der Waals surface area contributed by atoms with Crippen LogP contribution < -0.4 is 10.6 Å². The predicted octanol–water partition coefficient (Wildman–Crippen LogP) is -0.506. The molecule has 0 aromatic carbocycles. The molecule has 1 fully saturated rings. The minimum atomic E-state index is -1.07. The molecule has 2 atom stereocenters. The SMILES string of the molecule is C=CC(=O)NC1CCN[C@]1(C)C(=O)O. The van der Waals surface area contributed by atoms with E-state index in [1.165, 1.54) is 0 Å². The average molecular weight is 198 g/mol. The van der Waals surface area contributed by atoms with Crippen LogP contribution in [0.2, 0.25) is 0 Å². The lowest BCUT2D eigenvalue weighted by Gasteiger charge is -2.27. The molecule has 0 aliphatic carbocycles. The van der Waals surface area contributed by atoms with E-state index in [-0.39, 0.29) is 11.9 Å². The van der Waals surface area contributed by atoms with Crippen LogP contribution in [0.1, 0.15) is 13.3 Å². The molecule has 0 bridgehead atoms. The van der Waals surface area contributed by atoms with Gasteiger partial charge in [0.05, 0.1) is 6.04 Å². The Morgan fingerprint density at radius 2 is 2.36 bits per heavy atom. The van der Waals surface area contributed by atoms with E-state index in [1.54, 1.807) is 6.92 Å². The van der Waals surface area contributed by atoms with Crippen molar-refractivity contribution in [2.75, 3.05) is 6.54 Å². The molecule has 0 radical (unpaired) electrons. The molecule has 1 aliphatic heterocycles. The maximum atomic E-state index is 11.0. The average Bonchev–Trinajstić information content (AvgIpc) is 2.49. The predicted molar refractivity (Wildman–Crippen MR) is 50.8 cm³/mol. The third kappa shape index (κ3) is 1.77. The number of carbonyl (C=O) groups excluding carboxylic acids is 1. The van der Waals surface area contributed by atoms with Crippen molar-refractivity contribution in [2.24, 2.45) is 0 Å². The molecule has 0 aromatic heterocycles. The van der Waals surface area contributed by atoms with Gasteiger partial charge in [0.1, 0.15) is 5.54 Å². The van der Waals surface area contributed by atoms with E-state index in [1.807, 2.05) is 0 Å². The quantitative estimate of drug-likeness (QED) is 0.534. The van der Waals surface area contributed by atoms with E-state index >= 15 is 0 Å². The number of nitrogens with one attached hydrogen (secondary N) is 2. The van der Waals surface area contributed by atoms with Gasteiger partial charge >= 0.3 is 5.97 Å². The Morgan fingerprint density at radius 1 is 1.71 bits per heavy atom. The summed E-state index contributed by atoms with van der Waals surface area (Å²) >= 11 is 0. The molecule has 5 nitrogen and oxygen atoms in total. The van der Waals surface area contributed by atoms with E-state index in [0.29, 0.717) is 13.0 Å². The lowest BCUT2D eigenvalue weighted by molar-refractivity contribution is -0.144. The molecule has 78 valence electrons. The zero-order valence-corrected chi connectivity index (χ0v) is 8.04. The molecule has 14 heavy (non-hydrogen) atoms. The Hall–Kier alpha value is -1.36. The van der Waals surface area contributed by atoms with Crippen LogP contribution in [0.3, 0.4) is 0 Å². The normalized spacial score (nSPS) is 31.1. The summed E-state index contributed by atoms with van der Waals surface area (Å²) in [5.74, 6) is -1.30. The topological polar surface area (TPSA) is 78.4 Å². The first-order chi connectivity index (χ1) is 6.50. The van der Waals surface area contributed by atoms with Gasteiger partial charge in [-0.25, -0.2) is 0 Å². The number of carboxylic acids is 1. The van der Waals surface area contributed by atoms with Gasteiger partial charge in [0.25, 0.3) is 0 Å². The van der Waals surface area contributed by atoms with Crippen molar-refractivity contribution in [1.82, 2.24) is 10.6 Å². The Kier molecular flexibility index (Phi) is 2.90. The minimum Gasteiger partial charge on any atom is -0.480 e. The Labute approximate surface area is 82.2 Å². The molecule has 1 rings (SSSR count). The Balaban J connectivity index is 2.73. The van der Waals surface area contributed by atoms with Crippen molar-refractivity contribution in [3.05, 3.63) is 12.7 Å². The molecule has 3 N–H and O–H groups in total. The minimum absolute atomic E-state index is 0.342.